The molecule has 2 N–H and O–H groups in total. The van der Waals surface area contributed by atoms with Gasteiger partial charge in [-0.25, -0.2) is 9.18 Å². The van der Waals surface area contributed by atoms with Gasteiger partial charge in [0.2, 0.25) is 0 Å². The molecule has 0 aliphatic heterocycles. The van der Waals surface area contributed by atoms with Crippen molar-refractivity contribution in [3.05, 3.63) is 34.6 Å². The van der Waals surface area contributed by atoms with Gasteiger partial charge < -0.3 is 10.5 Å². The Morgan fingerprint density at radius 1 is 1.43 bits per heavy atom. The van der Waals surface area contributed by atoms with E-state index < -0.39 is 18.1 Å². The van der Waals surface area contributed by atoms with Gasteiger partial charge in [-0.3, -0.25) is 4.90 Å². The van der Waals surface area contributed by atoms with E-state index in [2.05, 4.69) is 0 Å². The van der Waals surface area contributed by atoms with Crippen LogP contribution in [0.3, 0.4) is 0 Å². The molecule has 0 aliphatic rings. The smallest absolute Gasteiger partial charge is 0.406 e. The number of nitrogens with two attached hydrogens (primary N) is 1. The molecule has 4 nitrogen and oxygen atoms in total. The molecule has 2 atom stereocenters. The molecule has 0 aliphatic carbocycles. The van der Waals surface area contributed by atoms with Gasteiger partial charge in [0.05, 0.1) is 5.02 Å². The highest BCUT2D eigenvalue weighted by atomic mass is 35.5. The highest BCUT2D eigenvalue weighted by molar-refractivity contribution is 6.30. The lowest BCUT2D eigenvalue weighted by Crippen LogP contribution is -2.42. The van der Waals surface area contributed by atoms with E-state index in [1.165, 1.54) is 6.07 Å². The Kier molecular flexibility index (Phi) is 5.59. The fourth-order valence-corrected chi connectivity index (χ4v) is 2.67. The number of nitrogens with zero attached hydrogens (tertiary/aromatic N) is 1. The van der Waals surface area contributed by atoms with Crippen molar-refractivity contribution in [3.63, 3.8) is 0 Å². The Labute approximate surface area is 130 Å². The minimum Gasteiger partial charge on any atom is -0.431 e. The van der Waals surface area contributed by atoms with Gasteiger partial charge in [0.15, 0.2) is 6.23 Å². The third kappa shape index (κ3) is 4.32. The molecule has 0 aromatic heterocycles. The van der Waals surface area contributed by atoms with Crippen molar-refractivity contribution in [3.8, 4) is 0 Å². The van der Waals surface area contributed by atoms with E-state index in [4.69, 9.17) is 22.1 Å². The lowest BCUT2D eigenvalue weighted by molar-refractivity contribution is -0.0351. The van der Waals surface area contributed by atoms with Crippen molar-refractivity contribution in [1.82, 2.24) is 4.90 Å². The monoisotopic (exact) mass is 316 g/mol. The van der Waals surface area contributed by atoms with Crippen LogP contribution >= 0.6 is 11.6 Å². The average Bonchev–Trinajstić information content (AvgIpc) is 2.32. The molecule has 0 radical (unpaired) electrons. The number of amides is 1. The van der Waals surface area contributed by atoms with Crippen molar-refractivity contribution < 1.29 is 13.9 Å². The number of carbonyl (C=O) groups is 1. The maximum absolute atomic E-state index is 14.4. The molecule has 0 heterocycles. The van der Waals surface area contributed by atoms with Gasteiger partial charge in [0, 0.05) is 11.6 Å². The van der Waals surface area contributed by atoms with E-state index in [9.17, 15) is 9.18 Å². The first-order valence-electron chi connectivity index (χ1n) is 6.67. The number of carbonyl (C=O) groups excluding carboxylic acids is 1. The fourth-order valence-electron chi connectivity index (χ4n) is 2.49. The second-order valence-electron chi connectivity index (χ2n) is 6.11. The van der Waals surface area contributed by atoms with Crippen LogP contribution in [-0.2, 0) is 4.74 Å². The van der Waals surface area contributed by atoms with Gasteiger partial charge >= 0.3 is 6.09 Å². The van der Waals surface area contributed by atoms with Crippen molar-refractivity contribution in [2.75, 3.05) is 7.05 Å². The third-order valence-corrected chi connectivity index (χ3v) is 3.66. The Morgan fingerprint density at radius 2 is 2.00 bits per heavy atom. The number of halogens is 2. The number of hydrogen-bond acceptors (Lipinski definition) is 3. The highest BCUT2D eigenvalue weighted by Crippen LogP contribution is 2.40. The first-order valence-corrected chi connectivity index (χ1v) is 7.05. The number of benzene rings is 1. The fraction of sp³-hybridized carbons (Fsp3) is 0.533. The van der Waals surface area contributed by atoms with E-state index in [0.29, 0.717) is 5.56 Å². The molecule has 1 aromatic carbocycles. The van der Waals surface area contributed by atoms with Crippen LogP contribution in [0.25, 0.3) is 0 Å². The molecule has 1 rings (SSSR count). The Bertz CT molecular complexity index is 517. The zero-order chi connectivity index (χ0) is 16.4. The highest BCUT2D eigenvalue weighted by Gasteiger charge is 2.35. The normalized spacial score (nSPS) is 14.9. The molecule has 21 heavy (non-hydrogen) atoms. The van der Waals surface area contributed by atoms with Crippen molar-refractivity contribution in [1.29, 1.82) is 0 Å². The zero-order valence-corrected chi connectivity index (χ0v) is 13.7. The summed E-state index contributed by atoms with van der Waals surface area (Å²) in [5.41, 5.74) is 5.20. The lowest BCUT2D eigenvalue weighted by atomic mass is 9.81. The maximum Gasteiger partial charge on any atom is 0.406 e. The molecule has 0 bridgehead atoms. The molecule has 1 unspecified atom stereocenters. The van der Waals surface area contributed by atoms with Gasteiger partial charge in [0.25, 0.3) is 0 Å². The van der Waals surface area contributed by atoms with E-state index in [-0.39, 0.29) is 16.5 Å². The van der Waals surface area contributed by atoms with E-state index in [1.807, 2.05) is 20.8 Å². The molecular formula is C15H22ClFN2O2. The van der Waals surface area contributed by atoms with Crippen molar-refractivity contribution >= 4 is 17.7 Å². The van der Waals surface area contributed by atoms with Gasteiger partial charge in [-0.15, -0.1) is 0 Å². The summed E-state index contributed by atoms with van der Waals surface area (Å²) in [6.07, 6.45) is -1.46. The third-order valence-electron chi connectivity index (χ3n) is 3.36. The van der Waals surface area contributed by atoms with E-state index in [1.54, 1.807) is 31.0 Å². The standard InChI is InChI=1S/C15H22ClFN2O2/c1-9(21-14(18)20)19(5)13(15(2,3)4)10-7-6-8-11(16)12(10)17/h6-9,13H,1-5H3,(H2,18,20)/t9?,13-/m1/s1. The minimum absolute atomic E-state index is 0.0682. The van der Waals surface area contributed by atoms with Crippen LogP contribution < -0.4 is 5.73 Å². The van der Waals surface area contributed by atoms with Crippen LogP contribution in [0.2, 0.25) is 5.02 Å². The summed E-state index contributed by atoms with van der Waals surface area (Å²) >= 11 is 5.88. The van der Waals surface area contributed by atoms with E-state index >= 15 is 0 Å². The number of primary amides is 1. The second kappa shape index (κ2) is 6.62. The van der Waals surface area contributed by atoms with Gasteiger partial charge in [0.1, 0.15) is 5.82 Å². The zero-order valence-electron chi connectivity index (χ0n) is 13.0. The Hall–Kier alpha value is -1.33. The van der Waals surface area contributed by atoms with Gasteiger partial charge in [-0.05, 0) is 25.5 Å². The molecule has 6 heteroatoms. The van der Waals surface area contributed by atoms with Crippen molar-refractivity contribution in [2.24, 2.45) is 11.1 Å². The van der Waals surface area contributed by atoms with Crippen LogP contribution in [0, 0.1) is 11.2 Å². The summed E-state index contributed by atoms with van der Waals surface area (Å²) in [6, 6.07) is 4.55. The topological polar surface area (TPSA) is 55.6 Å². The summed E-state index contributed by atoms with van der Waals surface area (Å²) in [7, 11) is 1.75. The summed E-state index contributed by atoms with van der Waals surface area (Å²) in [5, 5.41) is 0.0682. The van der Waals surface area contributed by atoms with E-state index in [0.717, 1.165) is 0 Å². The molecule has 1 amide bonds. The molecule has 118 valence electrons. The van der Waals surface area contributed by atoms with Gasteiger partial charge in [-0.1, -0.05) is 44.5 Å². The summed E-state index contributed by atoms with van der Waals surface area (Å²) in [5.74, 6) is -0.461. The first-order chi connectivity index (χ1) is 9.55. The number of rotatable bonds is 4. The predicted octanol–water partition coefficient (Wildman–Crippen LogP) is 3.94. The SMILES string of the molecule is CC(OC(N)=O)N(C)[C@H](c1cccc(Cl)c1F)C(C)(C)C. The number of ether oxygens (including phenoxy) is 1. The summed E-state index contributed by atoms with van der Waals surface area (Å²) < 4.78 is 19.4. The van der Waals surface area contributed by atoms with Crippen LogP contribution in [0.1, 0.15) is 39.3 Å². The molecule has 0 saturated carbocycles. The summed E-state index contributed by atoms with van der Waals surface area (Å²) in [6.45, 7) is 7.62. The molecule has 0 spiro atoms. The largest absolute Gasteiger partial charge is 0.431 e. The minimum atomic E-state index is -0.867. The Balaban J connectivity index is 3.24. The van der Waals surface area contributed by atoms with Crippen LogP contribution in [0.4, 0.5) is 9.18 Å². The number of hydrogen-bond donors (Lipinski definition) is 1. The molecular weight excluding hydrogens is 295 g/mol. The predicted molar refractivity (Wildman–Crippen MR) is 81.5 cm³/mol. The van der Waals surface area contributed by atoms with Crippen LogP contribution in [0.15, 0.2) is 18.2 Å². The molecule has 0 saturated heterocycles. The second-order valence-corrected chi connectivity index (χ2v) is 6.52. The maximum atomic E-state index is 14.4. The average molecular weight is 317 g/mol. The lowest BCUT2D eigenvalue weighted by Gasteiger charge is -2.41. The molecule has 1 aromatic rings. The Morgan fingerprint density at radius 3 is 2.48 bits per heavy atom. The summed E-state index contributed by atoms with van der Waals surface area (Å²) in [4.78, 5) is 12.7. The molecule has 0 fully saturated rings. The quantitative estimate of drug-likeness (QED) is 0.856. The van der Waals surface area contributed by atoms with Gasteiger partial charge in [-0.2, -0.15) is 0 Å². The van der Waals surface area contributed by atoms with Crippen LogP contribution in [0.5, 0.6) is 0 Å². The van der Waals surface area contributed by atoms with Crippen molar-refractivity contribution in [2.45, 2.75) is 40.0 Å². The van der Waals surface area contributed by atoms with Crippen LogP contribution in [-0.4, -0.2) is 24.3 Å². The first kappa shape index (κ1) is 17.7.